The number of aromatic amines is 2. The summed E-state index contributed by atoms with van der Waals surface area (Å²) >= 11 is 0. The number of benzene rings is 1. The Labute approximate surface area is 114 Å². The zero-order chi connectivity index (χ0) is 14.1. The average Bonchev–Trinajstić information content (AvgIpc) is 2.92. The monoisotopic (exact) mass is 271 g/mol. The molecule has 0 aliphatic carbocycles. The van der Waals surface area contributed by atoms with Crippen molar-refractivity contribution in [3.8, 4) is 22.6 Å². The third kappa shape index (κ3) is 1.82. The van der Waals surface area contributed by atoms with Gasteiger partial charge in [-0.3, -0.25) is 4.79 Å². The molecule has 0 amide bonds. The van der Waals surface area contributed by atoms with Gasteiger partial charge in [-0.15, -0.1) is 0 Å². The Kier molecular flexibility index (Phi) is 2.90. The van der Waals surface area contributed by atoms with Crippen molar-refractivity contribution in [2.24, 2.45) is 0 Å². The van der Waals surface area contributed by atoms with E-state index in [1.165, 1.54) is 6.33 Å². The third-order valence-electron chi connectivity index (χ3n) is 3.17. The summed E-state index contributed by atoms with van der Waals surface area (Å²) in [5.74, 6) is 1.25. The summed E-state index contributed by atoms with van der Waals surface area (Å²) in [4.78, 5) is 21.6. The molecule has 2 heterocycles. The zero-order valence-corrected chi connectivity index (χ0v) is 11.1. The lowest BCUT2D eigenvalue weighted by atomic mass is 10.1. The number of nitrogens with zero attached hydrogens (tertiary/aromatic N) is 1. The minimum absolute atomic E-state index is 0.180. The minimum Gasteiger partial charge on any atom is -0.493 e. The maximum atomic E-state index is 11.9. The fourth-order valence-electron chi connectivity index (χ4n) is 2.20. The molecule has 2 aromatic heterocycles. The first-order valence-corrected chi connectivity index (χ1v) is 6.01. The van der Waals surface area contributed by atoms with Crippen LogP contribution in [0.2, 0.25) is 0 Å². The van der Waals surface area contributed by atoms with Gasteiger partial charge in [0.05, 0.1) is 25.9 Å². The number of aromatic nitrogens is 3. The first-order chi connectivity index (χ1) is 9.74. The Bertz CT molecular complexity index is 820. The maximum Gasteiger partial charge on any atom is 0.260 e. The van der Waals surface area contributed by atoms with Crippen LogP contribution < -0.4 is 15.0 Å². The molecule has 3 aromatic rings. The normalized spacial score (nSPS) is 10.7. The Morgan fingerprint density at radius 3 is 2.65 bits per heavy atom. The van der Waals surface area contributed by atoms with Crippen LogP contribution >= 0.6 is 0 Å². The van der Waals surface area contributed by atoms with Crippen LogP contribution in [0.25, 0.3) is 22.2 Å². The van der Waals surface area contributed by atoms with Crippen molar-refractivity contribution in [3.63, 3.8) is 0 Å². The summed E-state index contributed by atoms with van der Waals surface area (Å²) in [6.07, 6.45) is 3.13. The lowest BCUT2D eigenvalue weighted by Gasteiger charge is -2.08. The Morgan fingerprint density at radius 2 is 1.90 bits per heavy atom. The third-order valence-corrected chi connectivity index (χ3v) is 3.17. The van der Waals surface area contributed by atoms with Crippen molar-refractivity contribution in [2.45, 2.75) is 0 Å². The van der Waals surface area contributed by atoms with Crippen LogP contribution in [0.3, 0.4) is 0 Å². The fourth-order valence-corrected chi connectivity index (χ4v) is 2.20. The van der Waals surface area contributed by atoms with Crippen molar-refractivity contribution in [1.82, 2.24) is 15.0 Å². The molecule has 6 heteroatoms. The maximum absolute atomic E-state index is 11.9. The molecule has 0 atom stereocenters. The van der Waals surface area contributed by atoms with Crippen LogP contribution in [-0.2, 0) is 0 Å². The second-order valence-corrected chi connectivity index (χ2v) is 4.23. The average molecular weight is 271 g/mol. The molecule has 0 saturated heterocycles. The van der Waals surface area contributed by atoms with E-state index in [-0.39, 0.29) is 5.56 Å². The second-order valence-electron chi connectivity index (χ2n) is 4.23. The second kappa shape index (κ2) is 4.73. The Balaban J connectivity index is 2.23. The highest BCUT2D eigenvalue weighted by molar-refractivity contribution is 5.93. The van der Waals surface area contributed by atoms with Crippen LogP contribution in [0.15, 0.2) is 35.5 Å². The van der Waals surface area contributed by atoms with E-state index in [9.17, 15) is 4.79 Å². The summed E-state index contributed by atoms with van der Waals surface area (Å²) in [6, 6.07) is 5.50. The first-order valence-electron chi connectivity index (χ1n) is 6.01. The number of rotatable bonds is 3. The standard InChI is InChI=1S/C14H13N3O3/c1-19-10-4-3-8(5-11(10)20-2)9-6-15-13-12(9)14(18)17-7-16-13/h3-7H,1-2H3,(H2,15,16,17,18). The number of methoxy groups -OCH3 is 2. The summed E-state index contributed by atoms with van der Waals surface area (Å²) in [7, 11) is 3.16. The number of hydrogen-bond donors (Lipinski definition) is 2. The molecule has 1 aromatic carbocycles. The van der Waals surface area contributed by atoms with Gasteiger partial charge < -0.3 is 19.4 Å². The molecule has 0 aliphatic heterocycles. The van der Waals surface area contributed by atoms with E-state index in [1.807, 2.05) is 12.1 Å². The molecule has 0 bridgehead atoms. The predicted octanol–water partition coefficient (Wildman–Crippen LogP) is 1.94. The number of nitrogens with one attached hydrogen (secondary N) is 2. The molecular weight excluding hydrogens is 258 g/mol. The predicted molar refractivity (Wildman–Crippen MR) is 75.3 cm³/mol. The molecule has 0 fully saturated rings. The first kappa shape index (κ1) is 12.3. The van der Waals surface area contributed by atoms with Gasteiger partial charge in [-0.2, -0.15) is 0 Å². The topological polar surface area (TPSA) is 80.0 Å². The van der Waals surface area contributed by atoms with Crippen molar-refractivity contribution in [1.29, 1.82) is 0 Å². The van der Waals surface area contributed by atoms with E-state index in [0.29, 0.717) is 22.5 Å². The highest BCUT2D eigenvalue weighted by Gasteiger charge is 2.12. The minimum atomic E-state index is -0.180. The van der Waals surface area contributed by atoms with Gasteiger partial charge in [-0.05, 0) is 17.7 Å². The van der Waals surface area contributed by atoms with E-state index in [1.54, 1.807) is 26.5 Å². The van der Waals surface area contributed by atoms with E-state index in [2.05, 4.69) is 15.0 Å². The van der Waals surface area contributed by atoms with Gasteiger partial charge >= 0.3 is 0 Å². The van der Waals surface area contributed by atoms with Gasteiger partial charge in [0.1, 0.15) is 5.65 Å². The van der Waals surface area contributed by atoms with Crippen LogP contribution in [-0.4, -0.2) is 29.2 Å². The molecule has 0 saturated carbocycles. The molecule has 0 spiro atoms. The largest absolute Gasteiger partial charge is 0.493 e. The molecule has 0 aliphatic rings. The van der Waals surface area contributed by atoms with Gasteiger partial charge in [0.2, 0.25) is 0 Å². The molecule has 102 valence electrons. The molecular formula is C14H13N3O3. The van der Waals surface area contributed by atoms with E-state index >= 15 is 0 Å². The van der Waals surface area contributed by atoms with Crippen molar-refractivity contribution in [3.05, 3.63) is 41.1 Å². The van der Waals surface area contributed by atoms with Gasteiger partial charge in [0.25, 0.3) is 5.56 Å². The van der Waals surface area contributed by atoms with E-state index in [4.69, 9.17) is 9.47 Å². The van der Waals surface area contributed by atoms with Crippen molar-refractivity contribution < 1.29 is 9.47 Å². The summed E-state index contributed by atoms with van der Waals surface area (Å²) < 4.78 is 10.5. The molecule has 20 heavy (non-hydrogen) atoms. The lowest BCUT2D eigenvalue weighted by Crippen LogP contribution is -2.05. The van der Waals surface area contributed by atoms with Crippen LogP contribution in [0, 0.1) is 0 Å². The molecule has 6 nitrogen and oxygen atoms in total. The highest BCUT2D eigenvalue weighted by atomic mass is 16.5. The van der Waals surface area contributed by atoms with Gasteiger partial charge in [-0.25, -0.2) is 4.98 Å². The summed E-state index contributed by atoms with van der Waals surface area (Å²) in [5, 5.41) is 0.528. The summed E-state index contributed by atoms with van der Waals surface area (Å²) in [6.45, 7) is 0. The highest BCUT2D eigenvalue weighted by Crippen LogP contribution is 2.33. The number of ether oxygens (including phenoxy) is 2. The van der Waals surface area contributed by atoms with Gasteiger partial charge in [0, 0.05) is 11.8 Å². The molecule has 3 rings (SSSR count). The van der Waals surface area contributed by atoms with Crippen molar-refractivity contribution >= 4 is 11.0 Å². The van der Waals surface area contributed by atoms with Crippen LogP contribution in [0.5, 0.6) is 11.5 Å². The Morgan fingerprint density at radius 1 is 1.10 bits per heavy atom. The molecule has 2 N–H and O–H groups in total. The molecule has 0 radical (unpaired) electrons. The summed E-state index contributed by atoms with van der Waals surface area (Å²) in [5.41, 5.74) is 2.00. The zero-order valence-electron chi connectivity index (χ0n) is 11.1. The SMILES string of the molecule is COc1ccc(-c2c[nH]c3nc[nH]c(=O)c23)cc1OC. The number of hydrogen-bond acceptors (Lipinski definition) is 4. The number of fused-ring (bicyclic) bond motifs is 1. The lowest BCUT2D eigenvalue weighted by molar-refractivity contribution is 0.355. The quantitative estimate of drug-likeness (QED) is 0.762. The van der Waals surface area contributed by atoms with Gasteiger partial charge in [-0.1, -0.05) is 6.07 Å². The van der Waals surface area contributed by atoms with Gasteiger partial charge in [0.15, 0.2) is 11.5 Å². The number of H-pyrrole nitrogens is 2. The van der Waals surface area contributed by atoms with Crippen LogP contribution in [0.4, 0.5) is 0 Å². The van der Waals surface area contributed by atoms with E-state index in [0.717, 1.165) is 11.1 Å². The smallest absolute Gasteiger partial charge is 0.260 e. The fraction of sp³-hybridized carbons (Fsp3) is 0.143. The van der Waals surface area contributed by atoms with Crippen LogP contribution in [0.1, 0.15) is 0 Å². The van der Waals surface area contributed by atoms with Crippen molar-refractivity contribution in [2.75, 3.05) is 14.2 Å². The van der Waals surface area contributed by atoms with E-state index < -0.39 is 0 Å². The Hall–Kier alpha value is -2.76. The molecule has 0 unspecified atom stereocenters.